The van der Waals surface area contributed by atoms with Gasteiger partial charge >= 0.3 is 6.09 Å². The van der Waals surface area contributed by atoms with Crippen LogP contribution in [0.25, 0.3) is 0 Å². The largest absolute Gasteiger partial charge is 0.496 e. The molecule has 0 atom stereocenters. The maximum absolute atomic E-state index is 13.6. The van der Waals surface area contributed by atoms with Gasteiger partial charge in [-0.1, -0.05) is 0 Å². The summed E-state index contributed by atoms with van der Waals surface area (Å²) in [6.07, 6.45) is -0.794. The lowest BCUT2D eigenvalue weighted by Gasteiger charge is -2.28. The molecule has 47 heavy (non-hydrogen) atoms. The van der Waals surface area contributed by atoms with E-state index in [2.05, 4.69) is 26.6 Å². The van der Waals surface area contributed by atoms with Crippen LogP contribution in [0, 0.1) is 0 Å². The second kappa shape index (κ2) is 14.9. The van der Waals surface area contributed by atoms with Gasteiger partial charge in [0.05, 0.1) is 50.9 Å². The number of nitrogens with one attached hydrogen (secondary N) is 5. The third-order valence-corrected chi connectivity index (χ3v) is 6.63. The number of carbonyl (C=O) groups is 5. The zero-order valence-electron chi connectivity index (χ0n) is 28.9. The van der Waals surface area contributed by atoms with Crippen LogP contribution in [0.2, 0.25) is 0 Å². The average Bonchev–Trinajstić information content (AvgIpc) is 2.98. The third kappa shape index (κ3) is 9.64. The first-order valence-electron chi connectivity index (χ1n) is 14.4. The number of anilines is 2. The summed E-state index contributed by atoms with van der Waals surface area (Å²) in [5.74, 6) is -1.76. The van der Waals surface area contributed by atoms with Gasteiger partial charge in [0, 0.05) is 19.2 Å². The predicted molar refractivity (Wildman–Crippen MR) is 175 cm³/mol. The molecule has 2 aromatic carbocycles. The number of alkyl carbamates (subject to hydrolysis) is 1. The molecule has 0 aliphatic heterocycles. The quantitative estimate of drug-likeness (QED) is 0.225. The van der Waals surface area contributed by atoms with E-state index in [9.17, 15) is 24.0 Å². The molecule has 0 aliphatic rings. The molecule has 5 amide bonds. The van der Waals surface area contributed by atoms with E-state index in [4.69, 9.17) is 23.7 Å². The Kier molecular flexibility index (Phi) is 12.1. The summed E-state index contributed by atoms with van der Waals surface area (Å²) >= 11 is 0. The minimum absolute atomic E-state index is 0.0358. The van der Waals surface area contributed by atoms with Crippen LogP contribution in [-0.4, -0.2) is 81.9 Å². The van der Waals surface area contributed by atoms with E-state index < -0.39 is 46.4 Å². The summed E-state index contributed by atoms with van der Waals surface area (Å²) in [5.41, 5.74) is -3.37. The van der Waals surface area contributed by atoms with Gasteiger partial charge in [-0.15, -0.1) is 0 Å². The molecule has 0 saturated heterocycles. The Bertz CT molecular complexity index is 1530. The highest BCUT2D eigenvalue weighted by molar-refractivity contribution is 6.07. The van der Waals surface area contributed by atoms with Crippen molar-refractivity contribution in [2.75, 3.05) is 46.1 Å². The second-order valence-electron chi connectivity index (χ2n) is 12.3. The molecule has 5 N–H and O–H groups in total. The molecular formula is C32H45N5O10. The van der Waals surface area contributed by atoms with Gasteiger partial charge in [-0.3, -0.25) is 19.2 Å². The van der Waals surface area contributed by atoms with E-state index in [0.717, 1.165) is 0 Å². The van der Waals surface area contributed by atoms with E-state index in [1.807, 2.05) is 0 Å². The molecule has 2 rings (SSSR count). The van der Waals surface area contributed by atoms with Gasteiger partial charge < -0.3 is 50.3 Å². The standard InChI is InChI=1S/C32H45N5O10/c1-30(2,3)47-29(42)37-32(6,7)28(41)35-20-14-18(22(44-10)16-24(20)46-12)26(39)36-31(4,5)27(40)34-19-13-17(25(38)33-8)21(43-9)15-23(19)45-11/h13-16H,1-12H3,(H,33,38)(H,34,40)(H,35,41)(H,36,39)(H,37,42). The van der Waals surface area contributed by atoms with Crippen LogP contribution in [0.4, 0.5) is 16.2 Å². The lowest BCUT2D eigenvalue weighted by molar-refractivity contribution is -0.121. The summed E-state index contributed by atoms with van der Waals surface area (Å²) < 4.78 is 26.7. The first kappa shape index (κ1) is 38.0. The van der Waals surface area contributed by atoms with Gasteiger partial charge in [-0.2, -0.15) is 0 Å². The van der Waals surface area contributed by atoms with E-state index in [0.29, 0.717) is 0 Å². The van der Waals surface area contributed by atoms with E-state index in [-0.39, 0.29) is 45.5 Å². The van der Waals surface area contributed by atoms with Gasteiger partial charge in [-0.25, -0.2) is 4.79 Å². The van der Waals surface area contributed by atoms with Crippen LogP contribution in [0.15, 0.2) is 24.3 Å². The van der Waals surface area contributed by atoms with Gasteiger partial charge in [0.25, 0.3) is 11.8 Å². The SMILES string of the molecule is CNC(=O)c1cc(NC(=O)C(C)(C)NC(=O)c2cc(NC(=O)C(C)(C)NC(=O)OC(C)(C)C)c(OC)cc2OC)c(OC)cc1OC. The molecule has 0 radical (unpaired) electrons. The fourth-order valence-electron chi connectivity index (χ4n) is 4.06. The van der Waals surface area contributed by atoms with Crippen molar-refractivity contribution in [3.8, 4) is 23.0 Å². The lowest BCUT2D eigenvalue weighted by atomic mass is 10.0. The normalized spacial score (nSPS) is 11.4. The van der Waals surface area contributed by atoms with Crippen molar-refractivity contribution in [2.24, 2.45) is 0 Å². The average molecular weight is 660 g/mol. The first-order valence-corrected chi connectivity index (χ1v) is 14.4. The highest BCUT2D eigenvalue weighted by atomic mass is 16.6. The molecule has 15 heteroatoms. The van der Waals surface area contributed by atoms with Gasteiger partial charge in [0.1, 0.15) is 39.7 Å². The number of benzene rings is 2. The van der Waals surface area contributed by atoms with Crippen molar-refractivity contribution in [1.82, 2.24) is 16.0 Å². The maximum Gasteiger partial charge on any atom is 0.408 e. The Morgan fingerprint density at radius 2 is 0.936 bits per heavy atom. The Balaban J connectivity index is 2.38. The number of hydrogen-bond acceptors (Lipinski definition) is 10. The van der Waals surface area contributed by atoms with E-state index >= 15 is 0 Å². The minimum atomic E-state index is -1.52. The molecule has 15 nitrogen and oxygen atoms in total. The Hall–Kier alpha value is -5.21. The number of ether oxygens (including phenoxy) is 5. The smallest absolute Gasteiger partial charge is 0.408 e. The molecule has 0 unspecified atom stereocenters. The van der Waals surface area contributed by atoms with Gasteiger partial charge in [0.15, 0.2) is 0 Å². The van der Waals surface area contributed by atoms with E-state index in [1.54, 1.807) is 20.8 Å². The molecular weight excluding hydrogens is 614 g/mol. The summed E-state index contributed by atoms with van der Waals surface area (Å²) in [5, 5.41) is 13.1. The maximum atomic E-state index is 13.6. The fraction of sp³-hybridized carbons (Fsp3) is 0.469. The van der Waals surface area contributed by atoms with Crippen molar-refractivity contribution in [3.05, 3.63) is 35.4 Å². The Morgan fingerprint density at radius 3 is 1.30 bits per heavy atom. The van der Waals surface area contributed by atoms with Crippen molar-refractivity contribution >= 4 is 41.1 Å². The first-order chi connectivity index (χ1) is 21.7. The van der Waals surface area contributed by atoms with Crippen LogP contribution >= 0.6 is 0 Å². The van der Waals surface area contributed by atoms with Gasteiger partial charge in [0.2, 0.25) is 11.8 Å². The fourth-order valence-corrected chi connectivity index (χ4v) is 4.06. The monoisotopic (exact) mass is 659 g/mol. The zero-order chi connectivity index (χ0) is 35.9. The highest BCUT2D eigenvalue weighted by Gasteiger charge is 2.35. The van der Waals surface area contributed by atoms with Crippen molar-refractivity contribution in [1.29, 1.82) is 0 Å². The molecule has 0 heterocycles. The Labute approximate surface area is 274 Å². The minimum Gasteiger partial charge on any atom is -0.496 e. The van der Waals surface area contributed by atoms with Crippen molar-refractivity contribution < 1.29 is 47.7 Å². The lowest BCUT2D eigenvalue weighted by Crippen LogP contribution is -2.53. The van der Waals surface area contributed by atoms with Crippen LogP contribution in [0.1, 0.15) is 69.2 Å². The number of hydrogen-bond donors (Lipinski definition) is 5. The van der Waals surface area contributed by atoms with Crippen molar-refractivity contribution in [2.45, 2.75) is 65.1 Å². The predicted octanol–water partition coefficient (Wildman–Crippen LogP) is 3.47. The number of amides is 5. The number of methoxy groups -OCH3 is 4. The summed E-state index contributed by atoms with van der Waals surface area (Å²) in [7, 11) is 6.94. The summed E-state index contributed by atoms with van der Waals surface area (Å²) in [6.45, 7) is 11.0. The number of carbonyl (C=O) groups excluding carboxylic acids is 5. The number of rotatable bonds is 12. The zero-order valence-corrected chi connectivity index (χ0v) is 28.9. The molecule has 0 aromatic heterocycles. The van der Waals surface area contributed by atoms with E-state index in [1.165, 1.54) is 87.4 Å². The second-order valence-corrected chi connectivity index (χ2v) is 12.3. The van der Waals surface area contributed by atoms with Crippen LogP contribution < -0.4 is 45.5 Å². The van der Waals surface area contributed by atoms with Crippen molar-refractivity contribution in [3.63, 3.8) is 0 Å². The third-order valence-electron chi connectivity index (χ3n) is 6.63. The van der Waals surface area contributed by atoms with Crippen LogP contribution in [0.3, 0.4) is 0 Å². The molecule has 2 aromatic rings. The molecule has 0 bridgehead atoms. The Morgan fingerprint density at radius 1 is 0.553 bits per heavy atom. The molecule has 0 fully saturated rings. The highest BCUT2D eigenvalue weighted by Crippen LogP contribution is 2.35. The van der Waals surface area contributed by atoms with Crippen LogP contribution in [0.5, 0.6) is 23.0 Å². The summed E-state index contributed by atoms with van der Waals surface area (Å²) in [6, 6.07) is 5.57. The summed E-state index contributed by atoms with van der Waals surface area (Å²) in [4.78, 5) is 65.1. The molecule has 0 saturated carbocycles. The molecule has 258 valence electrons. The molecule has 0 aliphatic carbocycles. The topological polar surface area (TPSA) is 192 Å². The van der Waals surface area contributed by atoms with Crippen LogP contribution in [-0.2, 0) is 14.3 Å². The van der Waals surface area contributed by atoms with Gasteiger partial charge in [-0.05, 0) is 60.6 Å². The molecule has 0 spiro atoms.